The lowest BCUT2D eigenvalue weighted by Crippen LogP contribution is -2.36. The maximum absolute atomic E-state index is 12.3. The van der Waals surface area contributed by atoms with Gasteiger partial charge < -0.3 is 4.74 Å². The molecular weight excluding hydrogens is 310 g/mol. The van der Waals surface area contributed by atoms with Crippen molar-refractivity contribution >= 4 is 23.4 Å². The van der Waals surface area contributed by atoms with Crippen LogP contribution in [0.15, 0.2) is 60.2 Å². The summed E-state index contributed by atoms with van der Waals surface area (Å²) in [6.45, 7) is 6.89. The van der Waals surface area contributed by atoms with Crippen molar-refractivity contribution in [3.8, 4) is 0 Å². The van der Waals surface area contributed by atoms with Crippen LogP contribution in [-0.2, 0) is 4.74 Å². The molecule has 0 spiro atoms. The Balaban J connectivity index is 2.02. The normalized spacial score (nSPS) is 14.0. The van der Waals surface area contributed by atoms with Crippen molar-refractivity contribution < 1.29 is 9.53 Å². The summed E-state index contributed by atoms with van der Waals surface area (Å²) < 4.78 is 5.23. The Labute approximate surface area is 149 Å². The van der Waals surface area contributed by atoms with Gasteiger partial charge in [0.05, 0.1) is 18.8 Å². The molecule has 128 valence electrons. The van der Waals surface area contributed by atoms with Gasteiger partial charge >= 0.3 is 6.09 Å². The molecule has 1 heterocycles. The molecule has 0 aromatic heterocycles. The second-order valence-electron chi connectivity index (χ2n) is 6.24. The van der Waals surface area contributed by atoms with Gasteiger partial charge in [-0.2, -0.15) is 0 Å². The van der Waals surface area contributed by atoms with Crippen LogP contribution in [0.4, 0.5) is 10.5 Å². The van der Waals surface area contributed by atoms with Crippen LogP contribution in [0.5, 0.6) is 0 Å². The number of carbonyl (C=O) groups excluding carboxylic acids is 1. The van der Waals surface area contributed by atoms with Crippen molar-refractivity contribution in [1.82, 2.24) is 0 Å². The lowest BCUT2D eigenvalue weighted by molar-refractivity contribution is 0.160. The summed E-state index contributed by atoms with van der Waals surface area (Å²) in [5, 5.41) is 0. The predicted octanol–water partition coefficient (Wildman–Crippen LogP) is 5.46. The third kappa shape index (κ3) is 3.66. The third-order valence-corrected chi connectivity index (χ3v) is 4.32. The van der Waals surface area contributed by atoms with Gasteiger partial charge in [-0.3, -0.25) is 4.90 Å². The van der Waals surface area contributed by atoms with Crippen LogP contribution in [0.1, 0.15) is 30.5 Å². The highest BCUT2D eigenvalue weighted by Crippen LogP contribution is 2.36. The predicted molar refractivity (Wildman–Crippen MR) is 104 cm³/mol. The number of benzene rings is 2. The Morgan fingerprint density at radius 3 is 2.60 bits per heavy atom. The molecule has 1 amide bonds. The number of ether oxygens (including phenoxy) is 1. The lowest BCUT2D eigenvalue weighted by Gasteiger charge is -2.30. The minimum atomic E-state index is -0.293. The Kier molecular flexibility index (Phi) is 5.03. The molecule has 2 aromatic carbocycles. The zero-order chi connectivity index (χ0) is 17.8. The van der Waals surface area contributed by atoms with Crippen LogP contribution in [0.25, 0.3) is 11.6 Å². The number of carbonyl (C=O) groups is 1. The molecule has 0 fully saturated rings. The first-order valence-corrected chi connectivity index (χ1v) is 8.58. The number of hydrogen-bond acceptors (Lipinski definition) is 2. The van der Waals surface area contributed by atoms with E-state index in [2.05, 4.69) is 44.2 Å². The fourth-order valence-electron chi connectivity index (χ4n) is 3.08. The minimum Gasteiger partial charge on any atom is -0.449 e. The molecule has 0 radical (unpaired) electrons. The summed E-state index contributed by atoms with van der Waals surface area (Å²) in [6, 6.07) is 16.4. The maximum atomic E-state index is 12.3. The van der Waals surface area contributed by atoms with Crippen molar-refractivity contribution in [2.24, 2.45) is 0 Å². The van der Waals surface area contributed by atoms with Crippen LogP contribution in [0, 0.1) is 6.92 Å². The molecule has 2 aromatic rings. The van der Waals surface area contributed by atoms with E-state index < -0.39 is 0 Å². The minimum absolute atomic E-state index is 0.293. The molecule has 0 aliphatic carbocycles. The first kappa shape index (κ1) is 17.0. The molecule has 0 saturated heterocycles. The quantitative estimate of drug-likeness (QED) is 0.746. The Hall–Kier alpha value is -2.81. The topological polar surface area (TPSA) is 29.5 Å². The molecule has 1 aliphatic rings. The molecule has 25 heavy (non-hydrogen) atoms. The van der Waals surface area contributed by atoms with Crippen molar-refractivity contribution in [1.29, 1.82) is 0 Å². The van der Waals surface area contributed by atoms with E-state index in [4.69, 9.17) is 4.74 Å². The Bertz CT molecular complexity index is 834. The molecular formula is C22H23NO2. The van der Waals surface area contributed by atoms with Gasteiger partial charge in [-0.05, 0) is 49.6 Å². The monoisotopic (exact) mass is 333 g/mol. The van der Waals surface area contributed by atoms with E-state index >= 15 is 0 Å². The van der Waals surface area contributed by atoms with Gasteiger partial charge in [-0.25, -0.2) is 4.79 Å². The fraction of sp³-hybridized carbons (Fsp3) is 0.227. The standard InChI is InChI=1S/C22H23NO2/c1-4-25-22(24)23-15-17(3)19(12-11-18-8-6-5-7-9-18)20-14-16(2)10-13-21(20)23/h5-14H,4,15H2,1-3H3/b12-11-. The molecule has 0 bridgehead atoms. The summed E-state index contributed by atoms with van der Waals surface area (Å²) in [7, 11) is 0. The zero-order valence-corrected chi connectivity index (χ0v) is 15.0. The molecule has 3 heteroatoms. The molecule has 0 atom stereocenters. The van der Waals surface area contributed by atoms with Crippen LogP contribution in [0.3, 0.4) is 0 Å². The molecule has 0 unspecified atom stereocenters. The van der Waals surface area contributed by atoms with Crippen molar-refractivity contribution in [3.05, 3.63) is 76.9 Å². The SMILES string of the molecule is CCOC(=O)N1CC(C)=C(/C=C\c2ccccc2)c2cc(C)ccc21. The Morgan fingerprint density at radius 2 is 1.88 bits per heavy atom. The first-order chi connectivity index (χ1) is 12.1. The number of allylic oxidation sites excluding steroid dienone is 2. The second-order valence-corrected chi connectivity index (χ2v) is 6.24. The summed E-state index contributed by atoms with van der Waals surface area (Å²) >= 11 is 0. The van der Waals surface area contributed by atoms with E-state index in [1.54, 1.807) is 4.90 Å². The van der Waals surface area contributed by atoms with Gasteiger partial charge in [0.1, 0.15) is 0 Å². The number of anilines is 1. The summed E-state index contributed by atoms with van der Waals surface area (Å²) in [4.78, 5) is 14.1. The molecule has 0 saturated carbocycles. The van der Waals surface area contributed by atoms with E-state index in [0.29, 0.717) is 13.2 Å². The van der Waals surface area contributed by atoms with Gasteiger partial charge in [0.25, 0.3) is 0 Å². The van der Waals surface area contributed by atoms with Gasteiger partial charge in [0.15, 0.2) is 0 Å². The Morgan fingerprint density at radius 1 is 1.12 bits per heavy atom. The first-order valence-electron chi connectivity index (χ1n) is 8.58. The number of hydrogen-bond donors (Lipinski definition) is 0. The third-order valence-electron chi connectivity index (χ3n) is 4.32. The smallest absolute Gasteiger partial charge is 0.414 e. The van der Waals surface area contributed by atoms with E-state index in [9.17, 15) is 4.79 Å². The van der Waals surface area contributed by atoms with Crippen LogP contribution >= 0.6 is 0 Å². The average Bonchev–Trinajstić information content (AvgIpc) is 2.61. The molecule has 3 rings (SSSR count). The number of rotatable bonds is 3. The van der Waals surface area contributed by atoms with Gasteiger partial charge in [0, 0.05) is 5.56 Å². The second kappa shape index (κ2) is 7.39. The highest BCUT2D eigenvalue weighted by Gasteiger charge is 2.26. The highest BCUT2D eigenvalue weighted by atomic mass is 16.6. The van der Waals surface area contributed by atoms with Crippen LogP contribution < -0.4 is 4.90 Å². The van der Waals surface area contributed by atoms with E-state index in [1.807, 2.05) is 37.3 Å². The lowest BCUT2D eigenvalue weighted by atomic mass is 9.92. The van der Waals surface area contributed by atoms with Gasteiger partial charge in [-0.15, -0.1) is 0 Å². The number of fused-ring (bicyclic) bond motifs is 1. The van der Waals surface area contributed by atoms with Crippen molar-refractivity contribution in [2.75, 3.05) is 18.1 Å². The zero-order valence-electron chi connectivity index (χ0n) is 15.0. The summed E-state index contributed by atoms with van der Waals surface area (Å²) in [6.07, 6.45) is 3.97. The van der Waals surface area contributed by atoms with E-state index in [1.165, 1.54) is 11.1 Å². The van der Waals surface area contributed by atoms with Crippen LogP contribution in [-0.4, -0.2) is 19.2 Å². The van der Waals surface area contributed by atoms with Crippen molar-refractivity contribution in [2.45, 2.75) is 20.8 Å². The van der Waals surface area contributed by atoms with E-state index in [0.717, 1.165) is 22.4 Å². The van der Waals surface area contributed by atoms with Crippen LogP contribution in [0.2, 0.25) is 0 Å². The largest absolute Gasteiger partial charge is 0.449 e. The molecule has 1 aliphatic heterocycles. The van der Waals surface area contributed by atoms with Gasteiger partial charge in [0.2, 0.25) is 0 Å². The average molecular weight is 333 g/mol. The van der Waals surface area contributed by atoms with Gasteiger partial charge in [-0.1, -0.05) is 54.1 Å². The van der Waals surface area contributed by atoms with Crippen molar-refractivity contribution in [3.63, 3.8) is 0 Å². The number of amides is 1. The molecule has 3 nitrogen and oxygen atoms in total. The van der Waals surface area contributed by atoms with E-state index in [-0.39, 0.29) is 6.09 Å². The number of aryl methyl sites for hydroxylation is 1. The summed E-state index contributed by atoms with van der Waals surface area (Å²) in [5.74, 6) is 0. The number of nitrogens with zero attached hydrogens (tertiary/aromatic N) is 1. The maximum Gasteiger partial charge on any atom is 0.414 e. The summed E-state index contributed by atoms with van der Waals surface area (Å²) in [5.41, 5.74) is 6.63. The molecule has 0 N–H and O–H groups in total. The highest BCUT2D eigenvalue weighted by molar-refractivity contribution is 5.98. The fourth-order valence-corrected chi connectivity index (χ4v) is 3.08.